The summed E-state index contributed by atoms with van der Waals surface area (Å²) in [7, 11) is -2.27. The van der Waals surface area contributed by atoms with E-state index in [1.165, 1.54) is 0 Å². The summed E-state index contributed by atoms with van der Waals surface area (Å²) in [5.74, 6) is 0.376. The molecule has 0 bridgehead atoms. The maximum atomic E-state index is 10.5. The van der Waals surface area contributed by atoms with E-state index in [1.54, 1.807) is 0 Å². The zero-order chi connectivity index (χ0) is 7.44. The Morgan fingerprint density at radius 2 is 1.90 bits per heavy atom. The summed E-state index contributed by atoms with van der Waals surface area (Å²) >= 11 is 0. The third-order valence-corrected chi connectivity index (χ3v) is 3.24. The summed E-state index contributed by atoms with van der Waals surface area (Å²) in [6.45, 7) is 5.87. The van der Waals surface area contributed by atoms with Crippen LogP contribution in [0.25, 0.3) is 0 Å². The second-order valence-electron chi connectivity index (χ2n) is 2.51. The maximum Gasteiger partial charge on any atom is 0.192 e. The first-order valence-corrected chi connectivity index (χ1v) is 4.75. The van der Waals surface area contributed by atoms with Crippen molar-refractivity contribution in [3.05, 3.63) is 0 Å². The molecule has 0 aliphatic carbocycles. The van der Waals surface area contributed by atoms with Gasteiger partial charge in [0.25, 0.3) is 0 Å². The lowest BCUT2D eigenvalue weighted by molar-refractivity contribution is 0.454. The van der Waals surface area contributed by atoms with E-state index in [-0.39, 0.29) is 23.0 Å². The second kappa shape index (κ2) is 6.43. The number of hydrogen-bond acceptors (Lipinski definition) is 1. The van der Waals surface area contributed by atoms with E-state index in [1.807, 2.05) is 20.8 Å². The van der Waals surface area contributed by atoms with Crippen LogP contribution >= 0.6 is 8.03 Å². The van der Waals surface area contributed by atoms with Crippen molar-refractivity contribution in [2.24, 2.45) is 5.92 Å². The van der Waals surface area contributed by atoms with Gasteiger partial charge in [0.15, 0.2) is 25.4 Å². The van der Waals surface area contributed by atoms with Gasteiger partial charge in [0, 0.05) is 5.66 Å². The van der Waals surface area contributed by atoms with Gasteiger partial charge < -0.3 is 4.89 Å². The maximum absolute atomic E-state index is 10.5. The van der Waals surface area contributed by atoms with Crippen molar-refractivity contribution < 1.29 is 9.46 Å². The zero-order valence-corrected chi connectivity index (χ0v) is 7.22. The molecule has 0 spiro atoms. The first kappa shape index (κ1) is 13.3. The van der Waals surface area contributed by atoms with Crippen LogP contribution in [-0.2, 0) is 4.57 Å². The lowest BCUT2D eigenvalue weighted by atomic mass is 10.1. The molecule has 0 amide bonds. The van der Waals surface area contributed by atoms with Crippen molar-refractivity contribution >= 4 is 25.4 Å². The van der Waals surface area contributed by atoms with Crippen molar-refractivity contribution in [2.45, 2.75) is 32.9 Å². The lowest BCUT2D eigenvalue weighted by Crippen LogP contribution is -2.07. The first-order valence-electron chi connectivity index (χ1n) is 3.32. The molecule has 0 heterocycles. The van der Waals surface area contributed by atoms with Gasteiger partial charge in [-0.3, -0.25) is 4.57 Å². The minimum Gasteiger partial charge on any atom is -0.346 e. The zero-order valence-electron chi connectivity index (χ0n) is 6.22. The van der Waals surface area contributed by atoms with Gasteiger partial charge in [0.2, 0.25) is 0 Å². The molecule has 62 valence electrons. The minimum atomic E-state index is -2.27. The van der Waals surface area contributed by atoms with Crippen LogP contribution in [0.4, 0.5) is 0 Å². The molecule has 3 atom stereocenters. The smallest absolute Gasteiger partial charge is 0.192 e. The standard InChI is InChI=1S/C6H15O2P.Al.3H/c1-4-5(2)6(3)9(7)8;;;;/h5-6,9H,4H2,1-3H3,(H,7,8);;;;. The summed E-state index contributed by atoms with van der Waals surface area (Å²) in [5.41, 5.74) is -0.0139. The molecule has 2 nitrogen and oxygen atoms in total. The Kier molecular flexibility index (Phi) is 8.57. The van der Waals surface area contributed by atoms with Crippen molar-refractivity contribution in [3.63, 3.8) is 0 Å². The first-order chi connectivity index (χ1) is 4.09. The molecular weight excluding hydrogens is 162 g/mol. The van der Waals surface area contributed by atoms with Gasteiger partial charge in [-0.15, -0.1) is 0 Å². The molecule has 0 saturated carbocycles. The fourth-order valence-electron chi connectivity index (χ4n) is 0.597. The molecule has 10 heavy (non-hydrogen) atoms. The third-order valence-electron chi connectivity index (χ3n) is 1.89. The van der Waals surface area contributed by atoms with Gasteiger partial charge in [-0.1, -0.05) is 27.2 Å². The Morgan fingerprint density at radius 1 is 1.50 bits per heavy atom. The van der Waals surface area contributed by atoms with Gasteiger partial charge in [-0.05, 0) is 5.92 Å². The van der Waals surface area contributed by atoms with Gasteiger partial charge in [0.1, 0.15) is 0 Å². The SMILES string of the molecule is CCC(C)C(C)[PH](=O)O.[AlH3]. The molecule has 4 heteroatoms. The molecule has 0 aromatic heterocycles. The molecule has 3 unspecified atom stereocenters. The van der Waals surface area contributed by atoms with Crippen LogP contribution in [0.15, 0.2) is 0 Å². The summed E-state index contributed by atoms with van der Waals surface area (Å²) in [4.78, 5) is 8.67. The average molecular weight is 180 g/mol. The van der Waals surface area contributed by atoms with E-state index in [9.17, 15) is 4.57 Å². The second-order valence-corrected chi connectivity index (χ2v) is 4.10. The topological polar surface area (TPSA) is 37.3 Å². The Balaban J connectivity index is 0. The average Bonchev–Trinajstić information content (AvgIpc) is 1.84. The van der Waals surface area contributed by atoms with E-state index in [0.717, 1.165) is 6.42 Å². The normalized spacial score (nSPS) is 18.8. The van der Waals surface area contributed by atoms with Crippen molar-refractivity contribution in [2.75, 3.05) is 0 Å². The van der Waals surface area contributed by atoms with E-state index in [2.05, 4.69) is 0 Å². The van der Waals surface area contributed by atoms with Crippen LogP contribution < -0.4 is 0 Å². The lowest BCUT2D eigenvalue weighted by Gasteiger charge is -2.13. The molecule has 0 aromatic rings. The minimum absolute atomic E-state index is 0. The van der Waals surface area contributed by atoms with Crippen LogP contribution in [0.5, 0.6) is 0 Å². The van der Waals surface area contributed by atoms with Crippen molar-refractivity contribution in [3.8, 4) is 0 Å². The largest absolute Gasteiger partial charge is 0.346 e. The predicted octanol–water partition coefficient (Wildman–Crippen LogP) is 0.704. The fourth-order valence-corrected chi connectivity index (χ4v) is 1.32. The molecule has 1 N–H and O–H groups in total. The Bertz CT molecular complexity index is 108. The molecule has 0 rings (SSSR count). The third kappa shape index (κ3) is 4.52. The van der Waals surface area contributed by atoms with E-state index < -0.39 is 8.03 Å². The molecule has 0 fully saturated rings. The van der Waals surface area contributed by atoms with Crippen molar-refractivity contribution in [1.82, 2.24) is 0 Å². The highest BCUT2D eigenvalue weighted by Gasteiger charge is 2.13. The molecule has 0 radical (unpaired) electrons. The van der Waals surface area contributed by atoms with Gasteiger partial charge >= 0.3 is 0 Å². The van der Waals surface area contributed by atoms with Crippen LogP contribution in [-0.4, -0.2) is 27.9 Å². The van der Waals surface area contributed by atoms with Crippen LogP contribution in [0.2, 0.25) is 0 Å². The number of rotatable bonds is 3. The monoisotopic (exact) mass is 180 g/mol. The summed E-state index contributed by atoms with van der Waals surface area (Å²) in [6, 6.07) is 0. The van der Waals surface area contributed by atoms with Crippen LogP contribution in [0.3, 0.4) is 0 Å². The Labute approximate surface area is 74.0 Å². The van der Waals surface area contributed by atoms with Gasteiger partial charge in [-0.2, -0.15) is 0 Å². The Morgan fingerprint density at radius 3 is 2.00 bits per heavy atom. The van der Waals surface area contributed by atoms with E-state index in [4.69, 9.17) is 4.89 Å². The van der Waals surface area contributed by atoms with Crippen LogP contribution in [0, 0.1) is 5.92 Å². The van der Waals surface area contributed by atoms with Gasteiger partial charge in [-0.25, -0.2) is 0 Å². The van der Waals surface area contributed by atoms with Gasteiger partial charge in [0.05, 0.1) is 0 Å². The van der Waals surface area contributed by atoms with E-state index >= 15 is 0 Å². The fraction of sp³-hybridized carbons (Fsp3) is 1.00. The summed E-state index contributed by atoms with van der Waals surface area (Å²) < 4.78 is 10.5. The van der Waals surface area contributed by atoms with Crippen LogP contribution in [0.1, 0.15) is 27.2 Å². The molecule has 0 saturated heterocycles. The Hall–Kier alpha value is 0.722. The van der Waals surface area contributed by atoms with Crippen molar-refractivity contribution in [1.29, 1.82) is 0 Å². The molecule has 0 aliphatic heterocycles. The summed E-state index contributed by atoms with van der Waals surface area (Å²) in [5, 5.41) is 0. The molecule has 0 aliphatic rings. The highest BCUT2D eigenvalue weighted by atomic mass is 31.1. The predicted molar refractivity (Wildman–Crippen MR) is 50.1 cm³/mol. The quantitative estimate of drug-likeness (QED) is 0.513. The molecule has 0 aromatic carbocycles. The highest BCUT2D eigenvalue weighted by molar-refractivity contribution is 7.38. The highest BCUT2D eigenvalue weighted by Crippen LogP contribution is 2.29. The molecular formula is C6H18AlO2P. The van der Waals surface area contributed by atoms with E-state index in [0.29, 0.717) is 5.92 Å². The number of hydrogen-bond donors (Lipinski definition) is 1. The summed E-state index contributed by atoms with van der Waals surface area (Å²) in [6.07, 6.45) is 0.984.